The zero-order valence-corrected chi connectivity index (χ0v) is 40.4. The minimum absolute atomic E-state index is 0.0351. The lowest BCUT2D eigenvalue weighted by Gasteiger charge is -2.60. The molecule has 0 spiro atoms. The summed E-state index contributed by atoms with van der Waals surface area (Å²) < 4.78 is 0. The molecule has 0 bridgehead atoms. The van der Waals surface area contributed by atoms with E-state index in [-0.39, 0.29) is 21.9 Å². The third-order valence-corrected chi connectivity index (χ3v) is 18.9. The van der Waals surface area contributed by atoms with E-state index in [0.717, 1.165) is 43.2 Å². The van der Waals surface area contributed by atoms with Gasteiger partial charge in [-0.1, -0.05) is 137 Å². The van der Waals surface area contributed by atoms with Gasteiger partial charge in [0.15, 0.2) is 0 Å². The molecule has 4 unspecified atom stereocenters. The van der Waals surface area contributed by atoms with E-state index >= 15 is 0 Å². The van der Waals surface area contributed by atoms with Crippen molar-refractivity contribution >= 4 is 44.3 Å². The van der Waals surface area contributed by atoms with Gasteiger partial charge in [-0.05, 0) is 190 Å². The average Bonchev–Trinajstić information content (AvgIpc) is 3.69. The second kappa shape index (κ2) is 14.9. The highest BCUT2D eigenvalue weighted by molar-refractivity contribution is 6.20. The number of rotatable bonds is 4. The summed E-state index contributed by atoms with van der Waals surface area (Å²) in [6.07, 6.45) is 11.4. The summed E-state index contributed by atoms with van der Waals surface area (Å²) in [7, 11) is 0. The molecule has 3 aliphatic carbocycles. The molecule has 4 atom stereocenters. The number of fused-ring (bicyclic) bond motifs is 12. The second-order valence-electron chi connectivity index (χ2n) is 22.3. The Morgan fingerprint density at radius 3 is 1.49 bits per heavy atom. The summed E-state index contributed by atoms with van der Waals surface area (Å²) in [6, 6.07) is 64.4. The van der Waals surface area contributed by atoms with Crippen LogP contribution in [0.1, 0.15) is 124 Å². The highest BCUT2D eigenvalue weighted by Gasteiger charge is 2.56. The van der Waals surface area contributed by atoms with Gasteiger partial charge >= 0.3 is 0 Å². The Balaban J connectivity index is 1.11. The molecule has 2 fully saturated rings. The molecule has 0 amide bonds. The lowest BCUT2D eigenvalue weighted by molar-refractivity contribution is 0.0862. The van der Waals surface area contributed by atoms with Gasteiger partial charge in [0.05, 0.1) is 28.7 Å². The SMILES string of the molecule is CC12CCCCC1(C)N(c1ccc3c(c1)C(c1ccccc1)(c1ccccc1)c1c-3c3ccccc3c3cc(N4c5ccc(C#N)cc5CC5(C)CCCCC45C)ccc13)c1ccc(C#N)cc1C2. The Hall–Kier alpha value is -7.14. The fourth-order valence-corrected chi connectivity index (χ4v) is 15.1. The predicted molar refractivity (Wildman–Crippen MR) is 283 cm³/mol. The predicted octanol–water partition coefficient (Wildman–Crippen LogP) is 16.2. The maximum absolute atomic E-state index is 10.1. The third kappa shape index (κ3) is 5.61. The van der Waals surface area contributed by atoms with Crippen molar-refractivity contribution in [3.8, 4) is 23.3 Å². The van der Waals surface area contributed by atoms with Gasteiger partial charge < -0.3 is 9.80 Å². The molecule has 5 aliphatic rings. The smallest absolute Gasteiger partial charge is 0.0991 e. The van der Waals surface area contributed by atoms with Crippen molar-refractivity contribution in [2.45, 2.75) is 108 Å². The van der Waals surface area contributed by atoms with E-state index in [1.807, 2.05) is 12.1 Å². The fourth-order valence-electron chi connectivity index (χ4n) is 15.1. The van der Waals surface area contributed by atoms with E-state index in [4.69, 9.17) is 0 Å². The van der Waals surface area contributed by atoms with Crippen LogP contribution in [0.4, 0.5) is 22.7 Å². The Morgan fingerprint density at radius 1 is 0.449 bits per heavy atom. The van der Waals surface area contributed by atoms with Gasteiger partial charge in [-0.2, -0.15) is 10.5 Å². The number of anilines is 4. The Labute approximate surface area is 407 Å². The molecule has 0 N–H and O–H groups in total. The highest BCUT2D eigenvalue weighted by Crippen LogP contribution is 2.64. The van der Waals surface area contributed by atoms with Crippen LogP contribution in [-0.2, 0) is 18.3 Å². The molecule has 69 heavy (non-hydrogen) atoms. The van der Waals surface area contributed by atoms with Crippen molar-refractivity contribution in [1.29, 1.82) is 10.5 Å². The van der Waals surface area contributed by atoms with Crippen molar-refractivity contribution in [3.05, 3.63) is 202 Å². The van der Waals surface area contributed by atoms with Crippen LogP contribution in [0, 0.1) is 33.5 Å². The average molecular weight is 895 g/mol. The lowest BCUT2D eigenvalue weighted by atomic mass is 9.57. The largest absolute Gasteiger partial charge is 0.335 e. The molecule has 0 saturated heterocycles. The molecule has 2 aliphatic heterocycles. The topological polar surface area (TPSA) is 54.1 Å². The van der Waals surface area contributed by atoms with Gasteiger partial charge in [0, 0.05) is 33.8 Å². The van der Waals surface area contributed by atoms with E-state index in [1.165, 1.54) is 121 Å². The van der Waals surface area contributed by atoms with Gasteiger partial charge in [0.2, 0.25) is 0 Å². The van der Waals surface area contributed by atoms with Crippen molar-refractivity contribution in [1.82, 2.24) is 0 Å². The van der Waals surface area contributed by atoms with Gasteiger partial charge in [0.25, 0.3) is 0 Å². The van der Waals surface area contributed by atoms with Crippen LogP contribution in [-0.4, -0.2) is 11.1 Å². The number of nitriles is 2. The van der Waals surface area contributed by atoms with Crippen molar-refractivity contribution in [3.63, 3.8) is 0 Å². The van der Waals surface area contributed by atoms with Crippen LogP contribution in [0.2, 0.25) is 0 Å². The first-order chi connectivity index (χ1) is 33.5. The molecular weight excluding hydrogens is 837 g/mol. The lowest BCUT2D eigenvalue weighted by Crippen LogP contribution is -2.60. The minimum atomic E-state index is -0.660. The van der Waals surface area contributed by atoms with Crippen LogP contribution in [0.25, 0.3) is 32.7 Å². The number of nitrogens with zero attached hydrogens (tertiary/aromatic N) is 4. The molecule has 4 nitrogen and oxygen atoms in total. The second-order valence-corrected chi connectivity index (χ2v) is 22.3. The molecule has 13 rings (SSSR count). The molecule has 0 aromatic heterocycles. The number of hydrogen-bond acceptors (Lipinski definition) is 4. The first-order valence-electron chi connectivity index (χ1n) is 25.5. The Morgan fingerprint density at radius 2 is 0.942 bits per heavy atom. The van der Waals surface area contributed by atoms with E-state index in [9.17, 15) is 10.5 Å². The van der Waals surface area contributed by atoms with E-state index < -0.39 is 5.41 Å². The van der Waals surface area contributed by atoms with E-state index in [1.54, 1.807) is 0 Å². The zero-order chi connectivity index (χ0) is 46.9. The molecular formula is C65H58N4. The molecule has 8 aromatic rings. The normalized spacial score (nSPS) is 25.1. The van der Waals surface area contributed by atoms with Gasteiger partial charge in [-0.15, -0.1) is 0 Å². The quantitative estimate of drug-likeness (QED) is 0.165. The summed E-state index contributed by atoms with van der Waals surface area (Å²) in [5.74, 6) is 0. The first kappa shape index (κ1) is 42.0. The number of benzene rings is 8. The first-order valence-corrected chi connectivity index (χ1v) is 25.5. The summed E-state index contributed by atoms with van der Waals surface area (Å²) in [4.78, 5) is 5.39. The van der Waals surface area contributed by atoms with Gasteiger partial charge in [-0.25, -0.2) is 0 Å². The summed E-state index contributed by atoms with van der Waals surface area (Å²) >= 11 is 0. The zero-order valence-electron chi connectivity index (χ0n) is 40.4. The Kier molecular flexibility index (Phi) is 9.09. The minimum Gasteiger partial charge on any atom is -0.335 e. The molecule has 8 aromatic carbocycles. The van der Waals surface area contributed by atoms with Crippen molar-refractivity contribution < 1.29 is 0 Å². The fraction of sp³-hybridized carbons (Fsp3) is 0.292. The summed E-state index contributed by atoms with van der Waals surface area (Å²) in [6.45, 7) is 10.1. The van der Waals surface area contributed by atoms with Crippen LogP contribution < -0.4 is 9.80 Å². The highest BCUT2D eigenvalue weighted by atomic mass is 15.2. The van der Waals surface area contributed by atoms with E-state index in [2.05, 4.69) is 195 Å². The van der Waals surface area contributed by atoms with Crippen molar-refractivity contribution in [2.24, 2.45) is 10.8 Å². The monoisotopic (exact) mass is 894 g/mol. The van der Waals surface area contributed by atoms with Gasteiger partial charge in [0.1, 0.15) is 0 Å². The third-order valence-electron chi connectivity index (χ3n) is 18.9. The van der Waals surface area contributed by atoms with Crippen LogP contribution in [0.15, 0.2) is 158 Å². The van der Waals surface area contributed by atoms with E-state index in [0.29, 0.717) is 0 Å². The maximum Gasteiger partial charge on any atom is 0.0991 e. The number of hydrogen-bond donors (Lipinski definition) is 0. The summed E-state index contributed by atoms with van der Waals surface area (Å²) in [5, 5.41) is 25.2. The molecule has 338 valence electrons. The maximum atomic E-state index is 10.1. The molecule has 2 heterocycles. The van der Waals surface area contributed by atoms with Crippen LogP contribution >= 0.6 is 0 Å². The standard InChI is InChI=1S/C65H58N4/c1-61-31-13-15-33-63(61,3)68(57-29-23-43(41-66)35-45(57)39-61)49-25-27-53-55(37-49)51-21-11-12-22-52(51)59-54-28-26-50(38-56(54)65(60(53)59,47-17-7-5-8-18-47)48-19-9-6-10-20-48)69-58-30-24-44(42-67)36-46(58)40-62(2)32-14-16-34-64(62,69)4/h5-12,17-30,35-38H,13-16,31-34,39-40H2,1-4H3. The molecule has 2 saturated carbocycles. The molecule has 0 radical (unpaired) electrons. The van der Waals surface area contributed by atoms with Gasteiger partial charge in [-0.3, -0.25) is 0 Å². The molecule has 4 heteroatoms. The Bertz CT molecular complexity index is 3480. The van der Waals surface area contributed by atoms with Crippen LogP contribution in [0.3, 0.4) is 0 Å². The summed E-state index contributed by atoms with van der Waals surface area (Å²) in [5.41, 5.74) is 15.8. The van der Waals surface area contributed by atoms with Crippen molar-refractivity contribution in [2.75, 3.05) is 9.80 Å². The van der Waals surface area contributed by atoms with Crippen LogP contribution in [0.5, 0.6) is 0 Å².